The van der Waals surface area contributed by atoms with Crippen LogP contribution in [0.4, 0.5) is 10.1 Å². The van der Waals surface area contributed by atoms with Crippen molar-refractivity contribution in [3.8, 4) is 0 Å². The molecule has 0 heterocycles. The quantitative estimate of drug-likeness (QED) is 0.759. The minimum absolute atomic E-state index is 0.116. The van der Waals surface area contributed by atoms with Crippen molar-refractivity contribution in [3.05, 3.63) is 28.0 Å². The van der Waals surface area contributed by atoms with Crippen LogP contribution in [-0.2, 0) is 4.74 Å². The Balaban J connectivity index is 2.71. The second-order valence-electron chi connectivity index (χ2n) is 3.65. The molecule has 0 aliphatic rings. The number of rotatable bonds is 7. The minimum Gasteiger partial charge on any atom is -0.384 e. The van der Waals surface area contributed by atoms with Crippen LogP contribution in [0.5, 0.6) is 0 Å². The summed E-state index contributed by atoms with van der Waals surface area (Å²) in [5.41, 5.74) is 5.44. The molecule has 0 saturated carbocycles. The number of primary amides is 1. The van der Waals surface area contributed by atoms with Crippen LogP contribution in [0.3, 0.4) is 0 Å². The summed E-state index contributed by atoms with van der Waals surface area (Å²) in [6, 6.07) is 2.84. The lowest BCUT2D eigenvalue weighted by Crippen LogP contribution is -2.17. The van der Waals surface area contributed by atoms with Gasteiger partial charge in [-0.05, 0) is 25.5 Å². The smallest absolute Gasteiger partial charge is 0.253 e. The number of benzene rings is 1. The van der Waals surface area contributed by atoms with Gasteiger partial charge < -0.3 is 15.8 Å². The Morgan fingerprint density at radius 1 is 1.56 bits per heavy atom. The molecule has 0 bridgehead atoms. The highest BCUT2D eigenvalue weighted by Crippen LogP contribution is 2.24. The van der Waals surface area contributed by atoms with Crippen molar-refractivity contribution in [2.45, 2.75) is 13.3 Å². The molecule has 0 radical (unpaired) electrons. The number of anilines is 1. The summed E-state index contributed by atoms with van der Waals surface area (Å²) in [6.07, 6.45) is 0.764. The summed E-state index contributed by atoms with van der Waals surface area (Å²) in [4.78, 5) is 11.2. The van der Waals surface area contributed by atoms with Crippen LogP contribution >= 0.6 is 15.9 Å². The molecule has 0 aliphatic heterocycles. The number of nitrogens with one attached hydrogen (secondary N) is 1. The van der Waals surface area contributed by atoms with E-state index in [1.807, 2.05) is 6.92 Å². The van der Waals surface area contributed by atoms with Crippen molar-refractivity contribution in [2.75, 3.05) is 25.1 Å². The number of hydrogen-bond acceptors (Lipinski definition) is 3. The molecule has 1 amide bonds. The molecule has 0 aliphatic carbocycles. The third-order valence-corrected chi connectivity index (χ3v) is 2.74. The van der Waals surface area contributed by atoms with Crippen molar-refractivity contribution < 1.29 is 13.9 Å². The topological polar surface area (TPSA) is 64.3 Å². The summed E-state index contributed by atoms with van der Waals surface area (Å²) in [5.74, 6) is -1.42. The highest BCUT2D eigenvalue weighted by molar-refractivity contribution is 9.10. The highest BCUT2D eigenvalue weighted by atomic mass is 79.9. The molecule has 6 heteroatoms. The number of halogens is 2. The van der Waals surface area contributed by atoms with Gasteiger partial charge in [-0.3, -0.25) is 4.79 Å². The average Bonchev–Trinajstić information content (AvgIpc) is 2.27. The summed E-state index contributed by atoms with van der Waals surface area (Å²) in [6.45, 7) is 3.78. The molecule has 0 fully saturated rings. The summed E-state index contributed by atoms with van der Waals surface area (Å²) >= 11 is 3.17. The van der Waals surface area contributed by atoms with Crippen molar-refractivity contribution >= 4 is 27.5 Å². The van der Waals surface area contributed by atoms with E-state index in [1.54, 1.807) is 6.07 Å². The molecule has 0 aromatic heterocycles. The van der Waals surface area contributed by atoms with E-state index in [1.165, 1.54) is 6.07 Å². The molecule has 100 valence electrons. The predicted molar refractivity (Wildman–Crippen MR) is 72.2 cm³/mol. The first kappa shape index (κ1) is 14.9. The highest BCUT2D eigenvalue weighted by Gasteiger charge is 2.15. The van der Waals surface area contributed by atoms with Gasteiger partial charge in [0.15, 0.2) is 0 Å². The van der Waals surface area contributed by atoms with Crippen molar-refractivity contribution in [3.63, 3.8) is 0 Å². The van der Waals surface area contributed by atoms with E-state index >= 15 is 0 Å². The second kappa shape index (κ2) is 7.33. The van der Waals surface area contributed by atoms with Crippen LogP contribution < -0.4 is 11.1 Å². The zero-order valence-electron chi connectivity index (χ0n) is 10.1. The fourth-order valence-electron chi connectivity index (χ4n) is 1.51. The second-order valence-corrected chi connectivity index (χ2v) is 4.57. The van der Waals surface area contributed by atoms with E-state index in [4.69, 9.17) is 10.5 Å². The van der Waals surface area contributed by atoms with Gasteiger partial charge in [0.05, 0.1) is 11.3 Å². The number of hydrogen-bond donors (Lipinski definition) is 2. The van der Waals surface area contributed by atoms with E-state index in [9.17, 15) is 9.18 Å². The van der Waals surface area contributed by atoms with E-state index in [2.05, 4.69) is 21.2 Å². The van der Waals surface area contributed by atoms with E-state index in [-0.39, 0.29) is 5.56 Å². The summed E-state index contributed by atoms with van der Waals surface area (Å²) in [7, 11) is 0. The number of carbonyl (C=O) groups is 1. The molecule has 1 rings (SSSR count). The zero-order chi connectivity index (χ0) is 13.5. The predicted octanol–water partition coefficient (Wildman–Crippen LogP) is 2.53. The Morgan fingerprint density at radius 2 is 2.28 bits per heavy atom. The van der Waals surface area contributed by atoms with E-state index in [0.29, 0.717) is 29.9 Å². The van der Waals surface area contributed by atoms with Gasteiger partial charge in [-0.2, -0.15) is 0 Å². The third kappa shape index (κ3) is 4.27. The maximum atomic E-state index is 13.6. The molecule has 0 saturated heterocycles. The third-order valence-electron chi connectivity index (χ3n) is 2.29. The Morgan fingerprint density at radius 3 is 2.89 bits per heavy atom. The van der Waals surface area contributed by atoms with Gasteiger partial charge in [-0.1, -0.05) is 15.9 Å². The maximum Gasteiger partial charge on any atom is 0.253 e. The Bertz CT molecular complexity index is 427. The normalized spacial score (nSPS) is 10.4. The SMILES string of the molecule is CCOCCCNc1cc(Br)cc(F)c1C(N)=O. The Kier molecular flexibility index (Phi) is 6.07. The monoisotopic (exact) mass is 318 g/mol. The van der Waals surface area contributed by atoms with Crippen molar-refractivity contribution in [2.24, 2.45) is 5.73 Å². The molecule has 0 atom stereocenters. The van der Waals surface area contributed by atoms with Gasteiger partial charge in [0, 0.05) is 24.2 Å². The number of amides is 1. The molecule has 0 unspecified atom stereocenters. The van der Waals surface area contributed by atoms with Gasteiger partial charge in [0.2, 0.25) is 0 Å². The molecular weight excluding hydrogens is 303 g/mol. The van der Waals surface area contributed by atoms with Crippen LogP contribution in [0.15, 0.2) is 16.6 Å². The van der Waals surface area contributed by atoms with E-state index < -0.39 is 11.7 Å². The number of ether oxygens (including phenoxy) is 1. The van der Waals surface area contributed by atoms with Crippen LogP contribution in [0.2, 0.25) is 0 Å². The minimum atomic E-state index is -0.785. The number of carbonyl (C=O) groups excluding carboxylic acids is 1. The average molecular weight is 319 g/mol. The lowest BCUT2D eigenvalue weighted by molar-refractivity contribution is 0.0997. The van der Waals surface area contributed by atoms with E-state index in [0.717, 1.165) is 6.42 Å². The largest absolute Gasteiger partial charge is 0.384 e. The summed E-state index contributed by atoms with van der Waals surface area (Å²) in [5, 5.41) is 2.98. The van der Waals surface area contributed by atoms with Gasteiger partial charge in [0.1, 0.15) is 5.82 Å². The molecule has 1 aromatic carbocycles. The number of nitrogens with two attached hydrogens (primary N) is 1. The van der Waals surface area contributed by atoms with Crippen molar-refractivity contribution in [1.29, 1.82) is 0 Å². The first-order valence-electron chi connectivity index (χ1n) is 5.66. The van der Waals surface area contributed by atoms with Crippen LogP contribution in [0, 0.1) is 5.82 Å². The molecule has 3 N–H and O–H groups in total. The first-order chi connectivity index (χ1) is 8.56. The van der Waals surface area contributed by atoms with Gasteiger partial charge in [-0.15, -0.1) is 0 Å². The molecular formula is C12H16BrFN2O2. The fraction of sp³-hybridized carbons (Fsp3) is 0.417. The molecule has 18 heavy (non-hydrogen) atoms. The van der Waals surface area contributed by atoms with Gasteiger partial charge >= 0.3 is 0 Å². The standard InChI is InChI=1S/C12H16BrFN2O2/c1-2-18-5-3-4-16-10-7-8(13)6-9(14)11(10)12(15)17/h6-7,16H,2-5H2,1H3,(H2,15,17). The molecule has 4 nitrogen and oxygen atoms in total. The fourth-order valence-corrected chi connectivity index (χ4v) is 1.93. The van der Waals surface area contributed by atoms with Crippen molar-refractivity contribution in [1.82, 2.24) is 0 Å². The first-order valence-corrected chi connectivity index (χ1v) is 6.46. The lowest BCUT2D eigenvalue weighted by Gasteiger charge is -2.11. The maximum absolute atomic E-state index is 13.6. The Labute approximate surface area is 114 Å². The Hall–Kier alpha value is -1.14. The van der Waals surface area contributed by atoms with Crippen LogP contribution in [0.1, 0.15) is 23.7 Å². The molecule has 0 spiro atoms. The lowest BCUT2D eigenvalue weighted by atomic mass is 10.1. The van der Waals surface area contributed by atoms with Crippen LogP contribution in [0.25, 0.3) is 0 Å². The van der Waals surface area contributed by atoms with Gasteiger partial charge in [-0.25, -0.2) is 4.39 Å². The van der Waals surface area contributed by atoms with Crippen LogP contribution in [-0.4, -0.2) is 25.7 Å². The van der Waals surface area contributed by atoms with Gasteiger partial charge in [0.25, 0.3) is 5.91 Å². The molecule has 1 aromatic rings. The zero-order valence-corrected chi connectivity index (χ0v) is 11.7. The summed E-state index contributed by atoms with van der Waals surface area (Å²) < 4.78 is 19.3.